The summed E-state index contributed by atoms with van der Waals surface area (Å²) in [7, 11) is 0. The number of rotatable bonds is 4. The van der Waals surface area contributed by atoms with Gasteiger partial charge in [-0.05, 0) is 38.8 Å². The Morgan fingerprint density at radius 2 is 1.39 bits per heavy atom. The minimum atomic E-state index is -1.67. The van der Waals surface area contributed by atoms with E-state index in [9.17, 15) is 28.8 Å². The molecule has 0 radical (unpaired) electrons. The van der Waals surface area contributed by atoms with Gasteiger partial charge in [0.2, 0.25) is 23.6 Å². The standard InChI is InChI=1S/C27H27N3O6/c1-3-29-22(33)17-19(24(29)35)27(28-21(32)14-9-6-5-7-10-14)13-15-16(31)11-8-12-26(15,17)18-20(27)25(36)30(4-2)23(18)34/h5-7,9-10,13,17-20H,3-4,8,11-12H2,1-2H3,(H,28,32). The first-order valence-corrected chi connectivity index (χ1v) is 12.6. The van der Waals surface area contributed by atoms with Crippen molar-refractivity contribution in [3.05, 3.63) is 47.5 Å². The smallest absolute Gasteiger partial charge is 0.252 e. The zero-order chi connectivity index (χ0) is 25.6. The predicted octanol–water partition coefficient (Wildman–Crippen LogP) is 1.09. The van der Waals surface area contributed by atoms with Gasteiger partial charge in [-0.15, -0.1) is 0 Å². The van der Waals surface area contributed by atoms with Crippen LogP contribution in [0.2, 0.25) is 0 Å². The van der Waals surface area contributed by atoms with Crippen molar-refractivity contribution < 1.29 is 28.8 Å². The minimum absolute atomic E-state index is 0.130. The number of carbonyl (C=O) groups excluding carboxylic acids is 6. The highest BCUT2D eigenvalue weighted by Gasteiger charge is 2.81. The fourth-order valence-corrected chi connectivity index (χ4v) is 7.86. The molecule has 4 fully saturated rings. The highest BCUT2D eigenvalue weighted by Crippen LogP contribution is 2.70. The molecule has 9 nitrogen and oxygen atoms in total. The molecule has 36 heavy (non-hydrogen) atoms. The van der Waals surface area contributed by atoms with E-state index in [2.05, 4.69) is 5.32 Å². The first-order valence-electron chi connectivity index (χ1n) is 12.6. The maximum absolute atomic E-state index is 13.8. The summed E-state index contributed by atoms with van der Waals surface area (Å²) in [6.07, 6.45) is 2.67. The maximum Gasteiger partial charge on any atom is 0.252 e. The van der Waals surface area contributed by atoms with E-state index in [1.54, 1.807) is 50.3 Å². The molecule has 4 unspecified atom stereocenters. The lowest BCUT2D eigenvalue weighted by atomic mass is 9.39. The van der Waals surface area contributed by atoms with Gasteiger partial charge in [0, 0.05) is 36.1 Å². The molecule has 9 heteroatoms. The number of nitrogens with one attached hydrogen (secondary N) is 1. The van der Waals surface area contributed by atoms with Gasteiger partial charge < -0.3 is 5.32 Å². The summed E-state index contributed by atoms with van der Waals surface area (Å²) in [6, 6.07) is 8.36. The number of benzene rings is 1. The lowest BCUT2D eigenvalue weighted by Gasteiger charge is -2.62. The third-order valence-electron chi connectivity index (χ3n) is 9.11. The van der Waals surface area contributed by atoms with E-state index in [4.69, 9.17) is 0 Å². The molecule has 2 saturated heterocycles. The van der Waals surface area contributed by atoms with Gasteiger partial charge >= 0.3 is 0 Å². The Hall–Kier alpha value is -3.62. The van der Waals surface area contributed by atoms with Crippen molar-refractivity contribution in [2.75, 3.05) is 13.1 Å². The Labute approximate surface area is 207 Å². The largest absolute Gasteiger partial charge is 0.341 e. The maximum atomic E-state index is 13.8. The number of amides is 5. The SMILES string of the molecule is CCN1C(=O)C2C(C1=O)C13CCCC(=O)C1=CC2(NC(=O)c1ccccc1)C1C(=O)N(CC)C(=O)C13. The van der Waals surface area contributed by atoms with Gasteiger partial charge in [-0.25, -0.2) is 0 Å². The normalized spacial score (nSPS) is 36.6. The molecule has 1 spiro atoms. The van der Waals surface area contributed by atoms with Gasteiger partial charge in [0.05, 0.1) is 29.2 Å². The number of hydrogen-bond donors (Lipinski definition) is 1. The number of Topliss-reactive ketones (excluding diaryl/α,β-unsaturated/α-hetero) is 1. The van der Waals surface area contributed by atoms with Gasteiger partial charge in [0.1, 0.15) is 0 Å². The zero-order valence-electron chi connectivity index (χ0n) is 20.2. The average Bonchev–Trinajstić information content (AvgIpc) is 3.31. The number of nitrogens with zero attached hydrogens (tertiary/aromatic N) is 2. The summed E-state index contributed by atoms with van der Waals surface area (Å²) in [4.78, 5) is 84.4. The molecule has 186 valence electrons. The lowest BCUT2D eigenvalue weighted by Crippen LogP contribution is -2.74. The second-order valence-electron chi connectivity index (χ2n) is 10.4. The van der Waals surface area contributed by atoms with Crippen molar-refractivity contribution in [1.29, 1.82) is 0 Å². The molecule has 1 aromatic rings. The first-order chi connectivity index (χ1) is 17.2. The van der Waals surface area contributed by atoms with Crippen LogP contribution in [0, 0.1) is 29.1 Å². The molecule has 2 heterocycles. The van der Waals surface area contributed by atoms with Crippen molar-refractivity contribution in [1.82, 2.24) is 15.1 Å². The van der Waals surface area contributed by atoms with Gasteiger partial charge in [-0.2, -0.15) is 0 Å². The fourth-order valence-electron chi connectivity index (χ4n) is 7.86. The van der Waals surface area contributed by atoms with Crippen molar-refractivity contribution in [3.8, 4) is 0 Å². The Balaban J connectivity index is 1.65. The summed E-state index contributed by atoms with van der Waals surface area (Å²) < 4.78 is 0. The molecule has 5 amide bonds. The van der Waals surface area contributed by atoms with E-state index < -0.39 is 64.2 Å². The minimum Gasteiger partial charge on any atom is -0.341 e. The number of hydrogen-bond acceptors (Lipinski definition) is 6. The molecule has 1 aromatic carbocycles. The van der Waals surface area contributed by atoms with E-state index in [-0.39, 0.29) is 25.3 Å². The topological polar surface area (TPSA) is 121 Å². The quantitative estimate of drug-likeness (QED) is 0.632. The third kappa shape index (κ3) is 2.45. The summed E-state index contributed by atoms with van der Waals surface area (Å²) in [5, 5.41) is 2.95. The molecule has 2 saturated carbocycles. The third-order valence-corrected chi connectivity index (χ3v) is 9.11. The summed E-state index contributed by atoms with van der Waals surface area (Å²) in [5.74, 6) is -6.64. The van der Waals surface area contributed by atoms with E-state index in [1.807, 2.05) is 0 Å². The van der Waals surface area contributed by atoms with Crippen LogP contribution in [0.15, 0.2) is 42.0 Å². The van der Waals surface area contributed by atoms with Crippen LogP contribution in [0.3, 0.4) is 0 Å². The molecule has 6 aliphatic rings. The Morgan fingerprint density at radius 1 is 0.861 bits per heavy atom. The van der Waals surface area contributed by atoms with Crippen LogP contribution in [0.25, 0.3) is 0 Å². The first kappa shape index (κ1) is 22.8. The number of allylic oxidation sites excluding steroid dienone is 1. The Morgan fingerprint density at radius 3 is 1.92 bits per heavy atom. The predicted molar refractivity (Wildman–Crippen MR) is 125 cm³/mol. The molecule has 1 N–H and O–H groups in total. The molecule has 2 aliphatic heterocycles. The second kappa shape index (κ2) is 7.44. The van der Waals surface area contributed by atoms with Gasteiger partial charge in [0.25, 0.3) is 5.91 Å². The highest BCUT2D eigenvalue weighted by molar-refractivity contribution is 6.16. The van der Waals surface area contributed by atoms with Crippen molar-refractivity contribution >= 4 is 35.3 Å². The highest BCUT2D eigenvalue weighted by atomic mass is 16.2. The summed E-state index contributed by atoms with van der Waals surface area (Å²) in [6.45, 7) is 3.65. The van der Waals surface area contributed by atoms with Crippen molar-refractivity contribution in [3.63, 3.8) is 0 Å². The molecule has 0 aromatic heterocycles. The van der Waals surface area contributed by atoms with E-state index in [0.717, 1.165) is 9.80 Å². The molecule has 4 atom stereocenters. The van der Waals surface area contributed by atoms with Gasteiger partial charge in [0.15, 0.2) is 5.78 Å². The molecule has 7 rings (SSSR count). The molecular weight excluding hydrogens is 462 g/mol. The second-order valence-corrected chi connectivity index (χ2v) is 10.4. The van der Waals surface area contributed by atoms with Crippen LogP contribution < -0.4 is 5.32 Å². The van der Waals surface area contributed by atoms with Gasteiger partial charge in [-0.3, -0.25) is 38.6 Å². The summed E-state index contributed by atoms with van der Waals surface area (Å²) >= 11 is 0. The van der Waals surface area contributed by atoms with Crippen LogP contribution in [0.5, 0.6) is 0 Å². The van der Waals surface area contributed by atoms with Gasteiger partial charge in [-0.1, -0.05) is 24.3 Å². The Kier molecular flexibility index (Phi) is 4.72. The number of likely N-dealkylation sites (tertiary alicyclic amines) is 2. The van der Waals surface area contributed by atoms with E-state index in [1.165, 1.54) is 0 Å². The van der Waals surface area contributed by atoms with Crippen LogP contribution in [0.1, 0.15) is 43.5 Å². The monoisotopic (exact) mass is 489 g/mol. The van der Waals surface area contributed by atoms with Crippen LogP contribution in [-0.4, -0.2) is 63.7 Å². The van der Waals surface area contributed by atoms with E-state index >= 15 is 0 Å². The lowest BCUT2D eigenvalue weighted by molar-refractivity contribution is -0.157. The zero-order valence-corrected chi connectivity index (χ0v) is 20.2. The molecule has 2 bridgehead atoms. The fraction of sp³-hybridized carbons (Fsp3) is 0.481. The van der Waals surface area contributed by atoms with Crippen LogP contribution in [-0.2, 0) is 24.0 Å². The summed E-state index contributed by atoms with van der Waals surface area (Å²) in [5.41, 5.74) is -2.26. The van der Waals surface area contributed by atoms with Crippen LogP contribution in [0.4, 0.5) is 0 Å². The van der Waals surface area contributed by atoms with Crippen molar-refractivity contribution in [2.24, 2.45) is 29.1 Å². The number of imide groups is 2. The number of ketones is 1. The van der Waals surface area contributed by atoms with E-state index in [0.29, 0.717) is 24.0 Å². The molecule has 4 aliphatic carbocycles. The van der Waals surface area contributed by atoms with Crippen LogP contribution >= 0.6 is 0 Å². The Bertz CT molecular complexity index is 1240. The number of carbonyl (C=O) groups is 6. The van der Waals surface area contributed by atoms with Crippen molar-refractivity contribution in [2.45, 2.75) is 38.6 Å². The average molecular weight is 490 g/mol. The molecular formula is C27H27N3O6.